The molecule has 0 aliphatic carbocycles. The fraction of sp³-hybridized carbons (Fsp3) is 1.00. The molecule has 1 fully saturated rings. The Hall–Kier alpha value is -0.0800. The van der Waals surface area contributed by atoms with Gasteiger partial charge in [0.1, 0.15) is 0 Å². The molecule has 1 rings (SSSR count). The number of rotatable bonds is 4. The molecule has 1 heterocycles. The monoisotopic (exact) mass is 226 g/mol. The molecular formula is C14H30N2. The van der Waals surface area contributed by atoms with Gasteiger partial charge in [-0.3, -0.25) is 0 Å². The molecule has 16 heavy (non-hydrogen) atoms. The van der Waals surface area contributed by atoms with E-state index in [0.29, 0.717) is 11.5 Å². The molecule has 1 saturated heterocycles. The summed E-state index contributed by atoms with van der Waals surface area (Å²) in [5, 5.41) is 3.52. The minimum absolute atomic E-state index is 0.409. The van der Waals surface area contributed by atoms with E-state index in [0.717, 1.165) is 5.92 Å². The number of nitrogens with zero attached hydrogens (tertiary/aromatic N) is 1. The van der Waals surface area contributed by atoms with Crippen molar-refractivity contribution in [3.05, 3.63) is 0 Å². The topological polar surface area (TPSA) is 15.3 Å². The maximum Gasteiger partial charge on any atom is 0.00389 e. The highest BCUT2D eigenvalue weighted by atomic mass is 15.2. The minimum Gasteiger partial charge on any atom is -0.316 e. The second-order valence-corrected chi connectivity index (χ2v) is 6.80. The predicted octanol–water partition coefficient (Wildman–Crippen LogP) is 2.74. The number of piperidine rings is 1. The van der Waals surface area contributed by atoms with Crippen LogP contribution in [-0.2, 0) is 0 Å². The molecular weight excluding hydrogens is 196 g/mol. The van der Waals surface area contributed by atoms with E-state index in [1.54, 1.807) is 0 Å². The van der Waals surface area contributed by atoms with Crippen molar-refractivity contribution >= 4 is 0 Å². The van der Waals surface area contributed by atoms with E-state index in [-0.39, 0.29) is 0 Å². The van der Waals surface area contributed by atoms with Gasteiger partial charge < -0.3 is 10.2 Å². The van der Waals surface area contributed by atoms with E-state index in [2.05, 4.69) is 44.8 Å². The molecule has 0 amide bonds. The SMILES string of the molecule is CC(C)N(CC1CCCNC1)CC(C)(C)C. The second kappa shape index (κ2) is 6.02. The van der Waals surface area contributed by atoms with Crippen LogP contribution in [0.25, 0.3) is 0 Å². The van der Waals surface area contributed by atoms with Crippen LogP contribution in [0.3, 0.4) is 0 Å². The molecule has 0 bridgehead atoms. The molecule has 96 valence electrons. The summed E-state index contributed by atoms with van der Waals surface area (Å²) in [5.74, 6) is 0.860. The van der Waals surface area contributed by atoms with E-state index in [9.17, 15) is 0 Å². The van der Waals surface area contributed by atoms with Crippen molar-refractivity contribution in [3.63, 3.8) is 0 Å². The maximum absolute atomic E-state index is 3.52. The summed E-state index contributed by atoms with van der Waals surface area (Å²) >= 11 is 0. The molecule has 1 aliphatic heterocycles. The maximum atomic E-state index is 3.52. The number of hydrogen-bond acceptors (Lipinski definition) is 2. The average Bonchev–Trinajstić information content (AvgIpc) is 2.16. The predicted molar refractivity (Wildman–Crippen MR) is 71.8 cm³/mol. The number of hydrogen-bond donors (Lipinski definition) is 1. The zero-order chi connectivity index (χ0) is 12.2. The second-order valence-electron chi connectivity index (χ2n) is 6.80. The summed E-state index contributed by atoms with van der Waals surface area (Å²) in [5.41, 5.74) is 0.409. The van der Waals surface area contributed by atoms with Crippen LogP contribution in [0.15, 0.2) is 0 Å². The van der Waals surface area contributed by atoms with Gasteiger partial charge in [0.25, 0.3) is 0 Å². The Morgan fingerprint density at radius 2 is 2.00 bits per heavy atom. The molecule has 1 N–H and O–H groups in total. The number of nitrogens with one attached hydrogen (secondary N) is 1. The third kappa shape index (κ3) is 5.31. The summed E-state index contributed by atoms with van der Waals surface area (Å²) in [6.07, 6.45) is 2.76. The van der Waals surface area contributed by atoms with E-state index < -0.39 is 0 Å². The first-order valence-corrected chi connectivity index (χ1v) is 6.83. The van der Waals surface area contributed by atoms with Gasteiger partial charge in [-0.1, -0.05) is 20.8 Å². The quantitative estimate of drug-likeness (QED) is 0.793. The van der Waals surface area contributed by atoms with Crippen molar-refractivity contribution in [1.29, 1.82) is 0 Å². The molecule has 1 unspecified atom stereocenters. The highest BCUT2D eigenvalue weighted by molar-refractivity contribution is 4.77. The average molecular weight is 226 g/mol. The van der Waals surface area contributed by atoms with Crippen molar-refractivity contribution in [2.45, 2.75) is 53.5 Å². The van der Waals surface area contributed by atoms with E-state index >= 15 is 0 Å². The summed E-state index contributed by atoms with van der Waals surface area (Å²) in [4.78, 5) is 2.65. The van der Waals surface area contributed by atoms with Crippen molar-refractivity contribution in [2.24, 2.45) is 11.3 Å². The lowest BCUT2D eigenvalue weighted by Crippen LogP contribution is -2.44. The first-order valence-electron chi connectivity index (χ1n) is 6.83. The molecule has 0 saturated carbocycles. The van der Waals surface area contributed by atoms with Gasteiger partial charge in [0.2, 0.25) is 0 Å². The molecule has 2 heteroatoms. The summed E-state index contributed by atoms with van der Waals surface area (Å²) in [6.45, 7) is 16.6. The van der Waals surface area contributed by atoms with Gasteiger partial charge in [-0.25, -0.2) is 0 Å². The molecule has 1 aliphatic rings. The fourth-order valence-electron chi connectivity index (χ4n) is 2.48. The molecule has 0 radical (unpaired) electrons. The van der Waals surface area contributed by atoms with E-state index in [4.69, 9.17) is 0 Å². The summed E-state index contributed by atoms with van der Waals surface area (Å²) < 4.78 is 0. The first-order chi connectivity index (χ1) is 7.38. The Morgan fingerprint density at radius 1 is 1.31 bits per heavy atom. The van der Waals surface area contributed by atoms with Crippen LogP contribution >= 0.6 is 0 Å². The van der Waals surface area contributed by atoms with E-state index in [1.165, 1.54) is 39.0 Å². The summed E-state index contributed by atoms with van der Waals surface area (Å²) in [7, 11) is 0. The third-order valence-corrected chi connectivity index (χ3v) is 3.30. The van der Waals surface area contributed by atoms with Gasteiger partial charge in [-0.2, -0.15) is 0 Å². The smallest absolute Gasteiger partial charge is 0.00389 e. The molecule has 2 nitrogen and oxygen atoms in total. The Morgan fingerprint density at radius 3 is 2.44 bits per heavy atom. The van der Waals surface area contributed by atoms with Crippen molar-refractivity contribution in [1.82, 2.24) is 10.2 Å². The molecule has 0 aromatic carbocycles. The van der Waals surface area contributed by atoms with Crippen molar-refractivity contribution in [2.75, 3.05) is 26.2 Å². The van der Waals surface area contributed by atoms with Gasteiger partial charge >= 0.3 is 0 Å². The van der Waals surface area contributed by atoms with Crippen LogP contribution in [0.4, 0.5) is 0 Å². The Bertz CT molecular complexity index is 187. The zero-order valence-electron chi connectivity index (χ0n) is 11.8. The van der Waals surface area contributed by atoms with Crippen LogP contribution in [-0.4, -0.2) is 37.1 Å². The van der Waals surface area contributed by atoms with Gasteiger partial charge in [0.15, 0.2) is 0 Å². The van der Waals surface area contributed by atoms with Crippen molar-refractivity contribution < 1.29 is 0 Å². The molecule has 0 spiro atoms. The highest BCUT2D eigenvalue weighted by Gasteiger charge is 2.22. The van der Waals surface area contributed by atoms with Gasteiger partial charge in [0, 0.05) is 19.1 Å². The van der Waals surface area contributed by atoms with Crippen molar-refractivity contribution in [3.8, 4) is 0 Å². The first kappa shape index (κ1) is 14.0. The Kier molecular flexibility index (Phi) is 5.26. The van der Waals surface area contributed by atoms with Gasteiger partial charge in [-0.05, 0) is 51.1 Å². The molecule has 1 atom stereocenters. The zero-order valence-corrected chi connectivity index (χ0v) is 11.8. The Labute approximate surface area is 102 Å². The molecule has 0 aromatic heterocycles. The van der Waals surface area contributed by atoms with Crippen LogP contribution in [0.5, 0.6) is 0 Å². The molecule has 0 aromatic rings. The summed E-state index contributed by atoms with van der Waals surface area (Å²) in [6, 6.07) is 0.668. The normalized spacial score (nSPS) is 23.1. The van der Waals surface area contributed by atoms with Crippen LogP contribution in [0.2, 0.25) is 0 Å². The Balaban J connectivity index is 2.43. The lowest BCUT2D eigenvalue weighted by Gasteiger charge is -2.36. The lowest BCUT2D eigenvalue weighted by atomic mass is 9.93. The minimum atomic E-state index is 0.409. The van der Waals surface area contributed by atoms with Gasteiger partial charge in [0.05, 0.1) is 0 Å². The third-order valence-electron chi connectivity index (χ3n) is 3.30. The van der Waals surface area contributed by atoms with Gasteiger partial charge in [-0.15, -0.1) is 0 Å². The van der Waals surface area contributed by atoms with Crippen LogP contribution < -0.4 is 5.32 Å². The lowest BCUT2D eigenvalue weighted by molar-refractivity contribution is 0.124. The largest absolute Gasteiger partial charge is 0.316 e. The van der Waals surface area contributed by atoms with Crippen LogP contribution in [0, 0.1) is 11.3 Å². The van der Waals surface area contributed by atoms with Crippen LogP contribution in [0.1, 0.15) is 47.5 Å². The standard InChI is InChI=1S/C14H30N2/c1-12(2)16(11-14(3,4)5)10-13-7-6-8-15-9-13/h12-13,15H,6-11H2,1-5H3. The van der Waals surface area contributed by atoms with E-state index in [1.807, 2.05) is 0 Å². The highest BCUT2D eigenvalue weighted by Crippen LogP contribution is 2.20. The fourth-order valence-corrected chi connectivity index (χ4v) is 2.48.